The normalized spacial score (nSPS) is 15.1. The number of H-pyrrole nitrogens is 1. The topological polar surface area (TPSA) is 80.0 Å². The third-order valence-electron chi connectivity index (χ3n) is 4.70. The summed E-state index contributed by atoms with van der Waals surface area (Å²) in [6.07, 6.45) is -3.42. The number of hydrazine groups is 1. The van der Waals surface area contributed by atoms with E-state index in [-0.39, 0.29) is 12.5 Å². The second kappa shape index (κ2) is 8.91. The van der Waals surface area contributed by atoms with Gasteiger partial charge in [0.1, 0.15) is 32.4 Å². The molecule has 0 unspecified atom stereocenters. The van der Waals surface area contributed by atoms with Crippen LogP contribution in [-0.2, 0) is 11.0 Å². The van der Waals surface area contributed by atoms with Crippen LogP contribution in [0.2, 0.25) is 0 Å². The summed E-state index contributed by atoms with van der Waals surface area (Å²) in [6, 6.07) is 11.0. The Morgan fingerprint density at radius 2 is 1.72 bits per heavy atom. The van der Waals surface area contributed by atoms with Crippen molar-refractivity contribution in [3.05, 3.63) is 59.8 Å². The number of aromatic amines is 1. The van der Waals surface area contributed by atoms with E-state index in [1.165, 1.54) is 6.07 Å². The number of benzene rings is 1. The molecule has 0 saturated carbocycles. The fourth-order valence-electron chi connectivity index (χ4n) is 3.09. The van der Waals surface area contributed by atoms with E-state index >= 15 is 0 Å². The Balaban J connectivity index is 1.42. The van der Waals surface area contributed by atoms with Crippen molar-refractivity contribution in [2.24, 2.45) is 0 Å². The van der Waals surface area contributed by atoms with Gasteiger partial charge >= 0.3 is 6.18 Å². The number of carbonyl (C=O) groups excluding carboxylic acids is 2. The zero-order valence-electron chi connectivity index (χ0n) is 15.6. The molecule has 1 aromatic carbocycles. The predicted molar refractivity (Wildman–Crippen MR) is 97.8 cm³/mol. The number of hydrogen-bond donors (Lipinski definition) is 3. The highest BCUT2D eigenvalue weighted by Crippen LogP contribution is 2.28. The number of pyridine rings is 1. The molecule has 0 atom stereocenters. The lowest BCUT2D eigenvalue weighted by Crippen LogP contribution is -3.16. The Kier molecular flexibility index (Phi) is 6.32. The minimum atomic E-state index is -4.37. The Morgan fingerprint density at radius 1 is 1.03 bits per heavy atom. The number of amides is 2. The van der Waals surface area contributed by atoms with Crippen LogP contribution in [0.1, 0.15) is 15.9 Å². The first kappa shape index (κ1) is 20.6. The first-order chi connectivity index (χ1) is 13.8. The number of halogens is 3. The van der Waals surface area contributed by atoms with Crippen LogP contribution >= 0.6 is 0 Å². The van der Waals surface area contributed by atoms with E-state index in [9.17, 15) is 22.8 Å². The summed E-state index contributed by atoms with van der Waals surface area (Å²) in [5.74, 6) is -0.0907. The Hall–Kier alpha value is -3.14. The van der Waals surface area contributed by atoms with Gasteiger partial charge in [0.05, 0.1) is 5.56 Å². The maximum Gasteiger partial charge on any atom is 0.419 e. The number of carbonyl (C=O) groups is 2. The molecule has 1 aliphatic heterocycles. The average Bonchev–Trinajstić information content (AvgIpc) is 2.73. The van der Waals surface area contributed by atoms with Crippen molar-refractivity contribution >= 4 is 17.6 Å². The number of hydrogen-bond acceptors (Lipinski definition) is 3. The second-order valence-corrected chi connectivity index (χ2v) is 6.74. The van der Waals surface area contributed by atoms with E-state index in [4.69, 9.17) is 0 Å². The number of nitrogens with one attached hydrogen (secondary N) is 4. The zero-order chi connectivity index (χ0) is 20.9. The average molecular weight is 409 g/mol. The highest BCUT2D eigenvalue weighted by molar-refractivity contribution is 5.95. The molecule has 4 N–H and O–H groups in total. The molecular formula is C19H22F3N5O2+2. The van der Waals surface area contributed by atoms with Crippen molar-refractivity contribution in [2.45, 2.75) is 6.18 Å². The molecule has 2 amide bonds. The van der Waals surface area contributed by atoms with Gasteiger partial charge in [-0.25, -0.2) is 4.98 Å². The van der Waals surface area contributed by atoms with Crippen molar-refractivity contribution in [1.29, 1.82) is 0 Å². The summed E-state index contributed by atoms with van der Waals surface area (Å²) in [7, 11) is 0. The summed E-state index contributed by atoms with van der Waals surface area (Å²) in [5.41, 5.74) is 4.51. The summed E-state index contributed by atoms with van der Waals surface area (Å²) < 4.78 is 37.9. The molecule has 0 bridgehead atoms. The number of aromatic nitrogens is 1. The van der Waals surface area contributed by atoms with Gasteiger partial charge in [0.15, 0.2) is 6.54 Å². The van der Waals surface area contributed by atoms with Crippen LogP contribution in [-0.4, -0.2) is 44.5 Å². The molecule has 3 rings (SSSR count). The van der Waals surface area contributed by atoms with E-state index in [1.807, 2.05) is 4.90 Å². The largest absolute Gasteiger partial charge is 0.419 e. The minimum absolute atomic E-state index is 0.194. The van der Waals surface area contributed by atoms with Crippen molar-refractivity contribution in [3.63, 3.8) is 0 Å². The van der Waals surface area contributed by atoms with Crippen molar-refractivity contribution in [3.8, 4) is 0 Å². The second-order valence-electron chi connectivity index (χ2n) is 6.74. The van der Waals surface area contributed by atoms with Gasteiger partial charge in [-0.1, -0.05) is 18.2 Å². The minimum Gasteiger partial charge on any atom is -0.321 e. The number of rotatable bonds is 4. The molecule has 7 nitrogen and oxygen atoms in total. The molecule has 2 heterocycles. The molecule has 1 aromatic heterocycles. The number of quaternary nitrogens is 1. The fourth-order valence-corrected chi connectivity index (χ4v) is 3.09. The summed E-state index contributed by atoms with van der Waals surface area (Å²) in [4.78, 5) is 29.6. The van der Waals surface area contributed by atoms with Gasteiger partial charge in [-0.2, -0.15) is 13.2 Å². The molecule has 10 heteroatoms. The highest BCUT2D eigenvalue weighted by Gasteiger charge is 2.33. The zero-order valence-corrected chi connectivity index (χ0v) is 15.6. The molecule has 0 aliphatic carbocycles. The molecule has 154 valence electrons. The molecule has 0 radical (unpaired) electrons. The number of alkyl halides is 3. The fraction of sp³-hybridized carbons (Fsp3) is 0.316. The van der Waals surface area contributed by atoms with E-state index < -0.39 is 17.6 Å². The smallest absolute Gasteiger partial charge is 0.321 e. The summed E-state index contributed by atoms with van der Waals surface area (Å²) in [6.45, 7) is 2.69. The van der Waals surface area contributed by atoms with Gasteiger partial charge in [-0.05, 0) is 18.2 Å². The summed E-state index contributed by atoms with van der Waals surface area (Å²) >= 11 is 0. The molecule has 0 spiro atoms. The van der Waals surface area contributed by atoms with Gasteiger partial charge in [0, 0.05) is 11.6 Å². The van der Waals surface area contributed by atoms with Crippen LogP contribution in [0, 0.1) is 0 Å². The summed E-state index contributed by atoms with van der Waals surface area (Å²) in [5, 5.41) is 0. The maximum absolute atomic E-state index is 12.6. The van der Waals surface area contributed by atoms with E-state index in [1.54, 1.807) is 30.3 Å². The number of anilines is 1. The maximum atomic E-state index is 12.6. The standard InChI is InChI=1S/C19H20F3N5O2/c20-19(21,22)15-6-7-16(23-12-15)27-10-8-26(9-11-27)13-17(28)24-25-18(29)14-4-2-1-3-5-14/h1-7,12H,8-11,13H2,(H,24,28)(H,25,29)/p+2. The molecular weight excluding hydrogens is 387 g/mol. The lowest BCUT2D eigenvalue weighted by Gasteiger charge is -2.27. The molecule has 2 aromatic rings. The lowest BCUT2D eigenvalue weighted by molar-refractivity contribution is -0.892. The van der Waals surface area contributed by atoms with Crippen molar-refractivity contribution in [2.75, 3.05) is 37.6 Å². The number of piperazine rings is 1. The first-order valence-electron chi connectivity index (χ1n) is 9.14. The third-order valence-corrected chi connectivity index (χ3v) is 4.70. The predicted octanol–water partition coefficient (Wildman–Crippen LogP) is -0.314. The molecule has 1 fully saturated rings. The van der Waals surface area contributed by atoms with Crippen molar-refractivity contribution < 1.29 is 32.6 Å². The molecule has 1 saturated heterocycles. The van der Waals surface area contributed by atoms with E-state index in [0.29, 0.717) is 37.6 Å². The Bertz CT molecular complexity index is 835. The van der Waals surface area contributed by atoms with Crippen molar-refractivity contribution in [1.82, 2.24) is 10.9 Å². The van der Waals surface area contributed by atoms with Crippen LogP contribution in [0.15, 0.2) is 48.7 Å². The third kappa shape index (κ3) is 5.67. The Labute approximate surface area is 165 Å². The van der Waals surface area contributed by atoms with Crippen LogP contribution in [0.5, 0.6) is 0 Å². The lowest BCUT2D eigenvalue weighted by atomic mass is 10.2. The highest BCUT2D eigenvalue weighted by atomic mass is 19.4. The number of nitrogens with zero attached hydrogens (tertiary/aromatic N) is 1. The monoisotopic (exact) mass is 409 g/mol. The molecule has 1 aliphatic rings. The van der Waals surface area contributed by atoms with Crippen LogP contribution in [0.4, 0.5) is 19.0 Å². The quantitative estimate of drug-likeness (QED) is 0.606. The first-order valence-corrected chi connectivity index (χ1v) is 9.14. The van der Waals surface area contributed by atoms with Gasteiger partial charge in [0.2, 0.25) is 0 Å². The van der Waals surface area contributed by atoms with E-state index in [2.05, 4.69) is 15.8 Å². The van der Waals surface area contributed by atoms with Crippen LogP contribution in [0.25, 0.3) is 0 Å². The van der Waals surface area contributed by atoms with Crippen LogP contribution < -0.4 is 25.6 Å². The van der Waals surface area contributed by atoms with E-state index in [0.717, 1.165) is 17.2 Å². The molecule has 29 heavy (non-hydrogen) atoms. The van der Waals surface area contributed by atoms with Gasteiger partial charge in [0.25, 0.3) is 17.6 Å². The van der Waals surface area contributed by atoms with Gasteiger partial charge in [-0.15, -0.1) is 0 Å². The van der Waals surface area contributed by atoms with Gasteiger partial charge in [-0.3, -0.25) is 25.3 Å². The van der Waals surface area contributed by atoms with Gasteiger partial charge < -0.3 is 4.90 Å². The van der Waals surface area contributed by atoms with Crippen LogP contribution in [0.3, 0.4) is 0 Å². The Morgan fingerprint density at radius 3 is 2.31 bits per heavy atom. The SMILES string of the molecule is O=C(C[NH+]1CCN(c2ccc(C(F)(F)F)c[nH+]2)CC1)NNC(=O)c1ccccc1.